The number of para-hydroxylation sites is 1. The van der Waals surface area contributed by atoms with Gasteiger partial charge in [-0.25, -0.2) is 0 Å². The Bertz CT molecular complexity index is 1370. The summed E-state index contributed by atoms with van der Waals surface area (Å²) in [4.78, 5) is 0. The molecule has 2 heteroatoms. The third-order valence-corrected chi connectivity index (χ3v) is 5.82. The highest BCUT2D eigenvalue weighted by molar-refractivity contribution is 5.87. The van der Waals surface area contributed by atoms with Crippen LogP contribution in [0.25, 0.3) is 44.5 Å². The van der Waals surface area contributed by atoms with E-state index in [0.717, 1.165) is 33.6 Å². The van der Waals surface area contributed by atoms with E-state index in [0.29, 0.717) is 0 Å². The predicted octanol–water partition coefficient (Wildman–Crippen LogP) is 7.52. The quantitative estimate of drug-likeness (QED) is 0.300. The zero-order valence-corrected chi connectivity index (χ0v) is 17.7. The summed E-state index contributed by atoms with van der Waals surface area (Å²) in [6, 6.07) is 41.7. The summed E-state index contributed by atoms with van der Waals surface area (Å²) in [5.41, 5.74) is 23.0. The Hall–Kier alpha value is -4.30. The Morgan fingerprint density at radius 3 is 1.47 bits per heavy atom. The van der Waals surface area contributed by atoms with Crippen LogP contribution in [-0.2, 0) is 0 Å². The van der Waals surface area contributed by atoms with Gasteiger partial charge in [-0.1, -0.05) is 103 Å². The first-order valence-corrected chi connectivity index (χ1v) is 10.7. The second-order valence-electron chi connectivity index (χ2n) is 7.91. The molecule has 0 unspecified atom stereocenters. The van der Waals surface area contributed by atoms with Crippen molar-refractivity contribution < 1.29 is 0 Å². The molecule has 0 spiro atoms. The molecule has 0 amide bonds. The lowest BCUT2D eigenvalue weighted by Gasteiger charge is -2.12. The van der Waals surface area contributed by atoms with Crippen molar-refractivity contribution in [3.05, 3.63) is 121 Å². The lowest BCUT2D eigenvalue weighted by atomic mass is 9.95. The number of anilines is 2. The van der Waals surface area contributed by atoms with Gasteiger partial charge < -0.3 is 11.5 Å². The van der Waals surface area contributed by atoms with E-state index in [4.69, 9.17) is 11.5 Å². The second kappa shape index (κ2) is 8.44. The summed E-state index contributed by atoms with van der Waals surface area (Å²) in [5.74, 6) is 0. The fourth-order valence-corrected chi connectivity index (χ4v) is 4.09. The van der Waals surface area contributed by atoms with E-state index in [1.807, 2.05) is 36.4 Å². The van der Waals surface area contributed by atoms with Gasteiger partial charge in [-0.2, -0.15) is 0 Å². The molecule has 0 aliphatic rings. The van der Waals surface area contributed by atoms with Crippen LogP contribution in [0.1, 0.15) is 0 Å². The van der Waals surface area contributed by atoms with Gasteiger partial charge in [0.25, 0.3) is 0 Å². The summed E-state index contributed by atoms with van der Waals surface area (Å²) in [5, 5.41) is 0. The van der Waals surface area contributed by atoms with Crippen LogP contribution < -0.4 is 11.5 Å². The highest BCUT2D eigenvalue weighted by atomic mass is 14.6. The number of rotatable bonds is 4. The van der Waals surface area contributed by atoms with Crippen LogP contribution >= 0.6 is 0 Å². The average molecular weight is 413 g/mol. The lowest BCUT2D eigenvalue weighted by molar-refractivity contribution is 1.56. The van der Waals surface area contributed by atoms with Crippen LogP contribution in [0.15, 0.2) is 121 Å². The molecule has 32 heavy (non-hydrogen) atoms. The molecule has 0 radical (unpaired) electrons. The molecule has 0 fully saturated rings. The van der Waals surface area contributed by atoms with Crippen molar-refractivity contribution in [1.29, 1.82) is 0 Å². The van der Waals surface area contributed by atoms with Crippen molar-refractivity contribution in [2.24, 2.45) is 0 Å². The number of hydrogen-bond donors (Lipinski definition) is 2. The van der Waals surface area contributed by atoms with Gasteiger partial charge >= 0.3 is 0 Å². The van der Waals surface area contributed by atoms with Crippen LogP contribution in [0.4, 0.5) is 11.4 Å². The first-order chi connectivity index (χ1) is 15.7. The normalized spacial score (nSPS) is 10.8. The van der Waals surface area contributed by atoms with Gasteiger partial charge in [-0.3, -0.25) is 0 Å². The molecule has 0 atom stereocenters. The largest absolute Gasteiger partial charge is 0.398 e. The van der Waals surface area contributed by atoms with Crippen molar-refractivity contribution in [2.75, 3.05) is 11.5 Å². The smallest absolute Gasteiger partial charge is 0.0400 e. The fraction of sp³-hybridized carbons (Fsp3) is 0. The molecule has 0 heterocycles. The second-order valence-corrected chi connectivity index (χ2v) is 7.91. The highest BCUT2D eigenvalue weighted by Crippen LogP contribution is 2.35. The third-order valence-electron chi connectivity index (χ3n) is 5.82. The van der Waals surface area contributed by atoms with Crippen LogP contribution in [0, 0.1) is 0 Å². The number of hydrogen-bond acceptors (Lipinski definition) is 2. The molecule has 2 nitrogen and oxygen atoms in total. The SMILES string of the molecule is Nc1ccccc1-c1ccc(-c2cccc(-c3ccc(-c4ccccc4)cc3)c2)cc1N. The van der Waals surface area contributed by atoms with Crippen LogP contribution in [0.5, 0.6) is 0 Å². The van der Waals surface area contributed by atoms with E-state index in [2.05, 4.69) is 84.9 Å². The average Bonchev–Trinajstić information content (AvgIpc) is 2.85. The van der Waals surface area contributed by atoms with Crippen molar-refractivity contribution >= 4 is 11.4 Å². The summed E-state index contributed by atoms with van der Waals surface area (Å²) in [6.07, 6.45) is 0. The number of nitrogen functional groups attached to an aromatic ring is 2. The number of benzene rings is 5. The summed E-state index contributed by atoms with van der Waals surface area (Å²) in [6.45, 7) is 0. The first kappa shape index (κ1) is 19.7. The first-order valence-electron chi connectivity index (χ1n) is 10.7. The van der Waals surface area contributed by atoms with E-state index in [1.165, 1.54) is 22.3 Å². The summed E-state index contributed by atoms with van der Waals surface area (Å²) >= 11 is 0. The summed E-state index contributed by atoms with van der Waals surface area (Å²) < 4.78 is 0. The maximum atomic E-state index is 6.43. The minimum Gasteiger partial charge on any atom is -0.398 e. The highest BCUT2D eigenvalue weighted by Gasteiger charge is 2.09. The van der Waals surface area contributed by atoms with E-state index >= 15 is 0 Å². The predicted molar refractivity (Wildman–Crippen MR) is 137 cm³/mol. The zero-order chi connectivity index (χ0) is 21.9. The van der Waals surface area contributed by atoms with Crippen LogP contribution in [-0.4, -0.2) is 0 Å². The van der Waals surface area contributed by atoms with Crippen molar-refractivity contribution in [2.45, 2.75) is 0 Å². The molecule has 5 rings (SSSR count). The maximum Gasteiger partial charge on any atom is 0.0400 e. The molecule has 5 aromatic rings. The minimum atomic E-state index is 0.720. The Morgan fingerprint density at radius 2 is 0.781 bits per heavy atom. The van der Waals surface area contributed by atoms with Crippen molar-refractivity contribution in [3.63, 3.8) is 0 Å². The Balaban J connectivity index is 1.46. The zero-order valence-electron chi connectivity index (χ0n) is 17.7. The molecular weight excluding hydrogens is 388 g/mol. The van der Waals surface area contributed by atoms with Crippen molar-refractivity contribution in [1.82, 2.24) is 0 Å². The van der Waals surface area contributed by atoms with Gasteiger partial charge in [0.05, 0.1) is 0 Å². The van der Waals surface area contributed by atoms with E-state index < -0.39 is 0 Å². The van der Waals surface area contributed by atoms with Gasteiger partial charge in [-0.15, -0.1) is 0 Å². The van der Waals surface area contributed by atoms with Crippen LogP contribution in [0.2, 0.25) is 0 Å². The molecule has 0 aromatic heterocycles. The molecule has 154 valence electrons. The maximum absolute atomic E-state index is 6.43. The molecule has 0 bridgehead atoms. The molecule has 4 N–H and O–H groups in total. The van der Waals surface area contributed by atoms with E-state index in [9.17, 15) is 0 Å². The van der Waals surface area contributed by atoms with Gasteiger partial charge in [0.1, 0.15) is 0 Å². The Labute approximate surface area is 188 Å². The van der Waals surface area contributed by atoms with E-state index in [-0.39, 0.29) is 0 Å². The molecule has 0 aliphatic heterocycles. The lowest BCUT2D eigenvalue weighted by Crippen LogP contribution is -1.95. The molecule has 0 saturated heterocycles. The molecule has 5 aromatic carbocycles. The topological polar surface area (TPSA) is 52.0 Å². The molecular formula is C30H24N2. The standard InChI is InChI=1S/C30H24N2/c31-29-12-5-4-11-27(29)28-18-17-26(20-30(28)32)25-10-6-9-24(19-25)23-15-13-22(14-16-23)21-7-2-1-3-8-21/h1-20H,31-32H2. The molecule has 0 aliphatic carbocycles. The fourth-order valence-electron chi connectivity index (χ4n) is 4.09. The van der Waals surface area contributed by atoms with Gasteiger partial charge in [0, 0.05) is 22.5 Å². The Kier molecular flexibility index (Phi) is 5.19. The monoisotopic (exact) mass is 412 g/mol. The molecule has 0 saturated carbocycles. The summed E-state index contributed by atoms with van der Waals surface area (Å²) in [7, 11) is 0. The van der Waals surface area contributed by atoms with Crippen LogP contribution in [0.3, 0.4) is 0 Å². The Morgan fingerprint density at radius 1 is 0.312 bits per heavy atom. The third kappa shape index (κ3) is 3.86. The number of nitrogens with two attached hydrogens (primary N) is 2. The van der Waals surface area contributed by atoms with Gasteiger partial charge in [0.2, 0.25) is 0 Å². The van der Waals surface area contributed by atoms with Gasteiger partial charge in [0.15, 0.2) is 0 Å². The van der Waals surface area contributed by atoms with Crippen molar-refractivity contribution in [3.8, 4) is 44.5 Å². The van der Waals surface area contributed by atoms with Gasteiger partial charge in [-0.05, 0) is 51.6 Å². The minimum absolute atomic E-state index is 0.720. The van der Waals surface area contributed by atoms with E-state index in [1.54, 1.807) is 0 Å².